The molecule has 0 atom stereocenters. The Balaban J connectivity index is 2.88. The lowest BCUT2D eigenvalue weighted by atomic mass is 9.82. The van der Waals surface area contributed by atoms with E-state index in [0.717, 1.165) is 30.8 Å². The first-order valence-corrected chi connectivity index (χ1v) is 6.41. The maximum atomic E-state index is 11.8. The molecule has 17 heavy (non-hydrogen) atoms. The molecule has 0 bridgehead atoms. The molecule has 1 N–H and O–H groups in total. The van der Waals surface area contributed by atoms with E-state index in [2.05, 4.69) is 31.0 Å². The van der Waals surface area contributed by atoms with Gasteiger partial charge in [0.15, 0.2) is 0 Å². The molecule has 0 spiro atoms. The van der Waals surface area contributed by atoms with Crippen molar-refractivity contribution >= 4 is 17.9 Å². The Morgan fingerprint density at radius 1 is 1.35 bits per heavy atom. The quantitative estimate of drug-likeness (QED) is 0.643. The summed E-state index contributed by atoms with van der Waals surface area (Å²) in [5.41, 5.74) is 1.80. The molecular weight excluding hydrogens is 232 g/mol. The van der Waals surface area contributed by atoms with E-state index < -0.39 is 0 Å². The molecule has 3 nitrogen and oxygen atoms in total. The number of anilines is 1. The lowest BCUT2D eigenvalue weighted by Crippen LogP contribution is -2.35. The highest BCUT2D eigenvalue weighted by Crippen LogP contribution is 2.32. The lowest BCUT2D eigenvalue weighted by Gasteiger charge is -2.30. The van der Waals surface area contributed by atoms with Crippen molar-refractivity contribution in [3.8, 4) is 0 Å². The number of rotatable bonds is 5. The average molecular weight is 254 g/mol. The first kappa shape index (κ1) is 14.3. The van der Waals surface area contributed by atoms with Crippen molar-refractivity contribution < 1.29 is 0 Å². The second-order valence-electron chi connectivity index (χ2n) is 5.51. The Bertz CT molecular complexity index is 452. The standard InChI is InChI=1S/C13H22N2OS/c1-13(2,3)9-10(12(17)11(9)16)15(5)8-6-7-14-4/h14H,6-8H2,1-5H3. The van der Waals surface area contributed by atoms with E-state index in [1.807, 2.05) is 14.1 Å². The summed E-state index contributed by atoms with van der Waals surface area (Å²) in [6.45, 7) is 8.07. The van der Waals surface area contributed by atoms with Crippen LogP contribution in [0.3, 0.4) is 0 Å². The van der Waals surface area contributed by atoms with Crippen LogP contribution >= 0.6 is 12.2 Å². The lowest BCUT2D eigenvalue weighted by molar-refractivity contribution is 0.576. The third-order valence-electron chi connectivity index (χ3n) is 2.94. The van der Waals surface area contributed by atoms with Crippen molar-refractivity contribution in [3.63, 3.8) is 0 Å². The van der Waals surface area contributed by atoms with E-state index in [9.17, 15) is 4.79 Å². The third kappa shape index (κ3) is 2.93. The number of hydrogen-bond donors (Lipinski definition) is 1. The predicted octanol–water partition coefficient (Wildman–Crippen LogP) is 2.00. The molecule has 1 aromatic carbocycles. The molecular formula is C13H22N2OS. The predicted molar refractivity (Wildman–Crippen MR) is 76.4 cm³/mol. The van der Waals surface area contributed by atoms with Gasteiger partial charge in [-0.2, -0.15) is 0 Å². The first-order valence-electron chi connectivity index (χ1n) is 6.00. The van der Waals surface area contributed by atoms with Gasteiger partial charge in [-0.15, -0.1) is 0 Å². The van der Waals surface area contributed by atoms with Crippen molar-refractivity contribution in [2.75, 3.05) is 32.1 Å². The normalized spacial score (nSPS) is 12.1. The number of nitrogens with one attached hydrogen (secondary N) is 1. The third-order valence-corrected chi connectivity index (χ3v) is 3.32. The number of hydrogen-bond acceptors (Lipinski definition) is 4. The summed E-state index contributed by atoms with van der Waals surface area (Å²) >= 11 is 5.16. The van der Waals surface area contributed by atoms with Gasteiger partial charge < -0.3 is 10.2 Å². The van der Waals surface area contributed by atoms with Crippen LogP contribution in [0, 0.1) is 4.51 Å². The smallest absolute Gasteiger partial charge is 0.204 e. The van der Waals surface area contributed by atoms with E-state index in [1.165, 1.54) is 0 Å². The Kier molecular flexibility index (Phi) is 4.44. The molecule has 4 heteroatoms. The van der Waals surface area contributed by atoms with Gasteiger partial charge in [0.25, 0.3) is 0 Å². The van der Waals surface area contributed by atoms with Crippen molar-refractivity contribution in [1.29, 1.82) is 0 Å². The minimum Gasteiger partial charge on any atom is -0.373 e. The topological polar surface area (TPSA) is 32.3 Å². The molecule has 1 rings (SSSR count). The van der Waals surface area contributed by atoms with Crippen molar-refractivity contribution in [2.45, 2.75) is 32.6 Å². The molecule has 0 aliphatic heterocycles. The zero-order chi connectivity index (χ0) is 13.2. The molecule has 0 aliphatic carbocycles. The maximum absolute atomic E-state index is 11.8. The van der Waals surface area contributed by atoms with Crippen molar-refractivity contribution in [2.24, 2.45) is 0 Å². The van der Waals surface area contributed by atoms with E-state index in [4.69, 9.17) is 12.2 Å². The van der Waals surface area contributed by atoms with Gasteiger partial charge in [-0.1, -0.05) is 33.0 Å². The molecule has 0 radical (unpaired) electrons. The highest BCUT2D eigenvalue weighted by molar-refractivity contribution is 7.71. The SMILES string of the molecule is CNCCCN(C)c1c(C(C)(C)C)c(=O)c1=S. The van der Waals surface area contributed by atoms with Gasteiger partial charge in [0.1, 0.15) is 4.51 Å². The second-order valence-corrected chi connectivity index (χ2v) is 5.92. The van der Waals surface area contributed by atoms with Gasteiger partial charge in [0.05, 0.1) is 5.69 Å². The average Bonchev–Trinajstić information content (AvgIpc) is 2.22. The van der Waals surface area contributed by atoms with Crippen LogP contribution in [-0.4, -0.2) is 27.2 Å². The van der Waals surface area contributed by atoms with Crippen LogP contribution in [-0.2, 0) is 5.41 Å². The van der Waals surface area contributed by atoms with Gasteiger partial charge in [0.2, 0.25) is 5.43 Å². The molecule has 0 heterocycles. The summed E-state index contributed by atoms with van der Waals surface area (Å²) in [5.74, 6) is 0. The molecule has 0 saturated carbocycles. The summed E-state index contributed by atoms with van der Waals surface area (Å²) in [5, 5.41) is 3.12. The fraction of sp³-hybridized carbons (Fsp3) is 0.692. The zero-order valence-electron chi connectivity index (χ0n) is 11.4. The van der Waals surface area contributed by atoms with Gasteiger partial charge >= 0.3 is 0 Å². The molecule has 0 amide bonds. The first-order chi connectivity index (χ1) is 7.80. The summed E-state index contributed by atoms with van der Waals surface area (Å²) in [7, 11) is 3.95. The molecule has 0 unspecified atom stereocenters. The maximum Gasteiger partial charge on any atom is 0.204 e. The van der Waals surface area contributed by atoms with Gasteiger partial charge in [-0.25, -0.2) is 0 Å². The molecule has 96 valence electrons. The summed E-state index contributed by atoms with van der Waals surface area (Å²) in [4.78, 5) is 13.9. The molecule has 0 aliphatic rings. The summed E-state index contributed by atoms with van der Waals surface area (Å²) in [6.07, 6.45) is 1.05. The Morgan fingerprint density at radius 3 is 2.41 bits per heavy atom. The highest BCUT2D eigenvalue weighted by Gasteiger charge is 2.29. The van der Waals surface area contributed by atoms with Crippen LogP contribution in [0.25, 0.3) is 0 Å². The molecule has 1 aromatic rings. The van der Waals surface area contributed by atoms with E-state index in [0.29, 0.717) is 4.51 Å². The monoisotopic (exact) mass is 254 g/mol. The van der Waals surface area contributed by atoms with Gasteiger partial charge in [-0.3, -0.25) is 4.79 Å². The molecule has 0 saturated heterocycles. The van der Waals surface area contributed by atoms with E-state index in [1.54, 1.807) is 0 Å². The molecule has 0 aromatic heterocycles. The van der Waals surface area contributed by atoms with E-state index in [-0.39, 0.29) is 10.8 Å². The second kappa shape index (κ2) is 5.27. The van der Waals surface area contributed by atoms with Crippen LogP contribution in [0.4, 0.5) is 5.69 Å². The fourth-order valence-corrected chi connectivity index (χ4v) is 2.40. The van der Waals surface area contributed by atoms with Gasteiger partial charge in [0, 0.05) is 19.2 Å². The van der Waals surface area contributed by atoms with Crippen molar-refractivity contribution in [3.05, 3.63) is 20.3 Å². The fourth-order valence-electron chi connectivity index (χ4n) is 2.04. The summed E-state index contributed by atoms with van der Waals surface area (Å²) < 4.78 is 0.502. The Hall–Kier alpha value is -0.740. The molecule has 0 fully saturated rings. The highest BCUT2D eigenvalue weighted by atomic mass is 32.1. The van der Waals surface area contributed by atoms with Crippen molar-refractivity contribution in [1.82, 2.24) is 5.32 Å². The van der Waals surface area contributed by atoms with Crippen LogP contribution in [0.15, 0.2) is 4.79 Å². The number of nitrogens with zero attached hydrogens (tertiary/aromatic N) is 1. The Morgan fingerprint density at radius 2 is 1.94 bits per heavy atom. The minimum absolute atomic E-state index is 0.0583. The van der Waals surface area contributed by atoms with E-state index >= 15 is 0 Å². The van der Waals surface area contributed by atoms with Crippen LogP contribution in [0.5, 0.6) is 0 Å². The van der Waals surface area contributed by atoms with Crippen LogP contribution in [0.2, 0.25) is 0 Å². The summed E-state index contributed by atoms with van der Waals surface area (Å²) in [6, 6.07) is 0. The largest absolute Gasteiger partial charge is 0.373 e. The van der Waals surface area contributed by atoms with Gasteiger partial charge in [-0.05, 0) is 25.4 Å². The zero-order valence-corrected chi connectivity index (χ0v) is 12.2. The minimum atomic E-state index is -0.119. The van der Waals surface area contributed by atoms with Crippen LogP contribution in [0.1, 0.15) is 32.8 Å². The Labute approximate surface area is 109 Å². The van der Waals surface area contributed by atoms with Crippen LogP contribution < -0.4 is 15.6 Å².